The van der Waals surface area contributed by atoms with Crippen molar-refractivity contribution in [3.05, 3.63) is 35.1 Å². The molecule has 1 aliphatic carbocycles. The number of hydrogen-bond acceptors (Lipinski definition) is 3. The quantitative estimate of drug-likeness (QED) is 0.922. The third-order valence-electron chi connectivity index (χ3n) is 3.46. The fourth-order valence-electron chi connectivity index (χ4n) is 2.40. The maximum atomic E-state index is 13.6. The van der Waals surface area contributed by atoms with Crippen LogP contribution in [0.5, 0.6) is 0 Å². The summed E-state index contributed by atoms with van der Waals surface area (Å²) >= 11 is 0. The van der Waals surface area contributed by atoms with Gasteiger partial charge in [0.15, 0.2) is 9.84 Å². The van der Waals surface area contributed by atoms with E-state index in [9.17, 15) is 17.6 Å². The van der Waals surface area contributed by atoms with Gasteiger partial charge in [0.05, 0.1) is 16.6 Å². The minimum absolute atomic E-state index is 0.0631. The lowest BCUT2D eigenvalue weighted by molar-refractivity contribution is 0.0696. The van der Waals surface area contributed by atoms with Crippen LogP contribution in [0.1, 0.15) is 41.6 Å². The maximum Gasteiger partial charge on any atom is 0.335 e. The highest BCUT2D eigenvalue weighted by atomic mass is 32.2. The van der Waals surface area contributed by atoms with Gasteiger partial charge in [0.2, 0.25) is 0 Å². The van der Waals surface area contributed by atoms with Crippen LogP contribution in [0, 0.1) is 5.82 Å². The van der Waals surface area contributed by atoms with Gasteiger partial charge in [0.25, 0.3) is 0 Å². The van der Waals surface area contributed by atoms with E-state index in [0.29, 0.717) is 12.8 Å². The first-order valence-corrected chi connectivity index (χ1v) is 7.85. The van der Waals surface area contributed by atoms with Crippen molar-refractivity contribution in [2.24, 2.45) is 0 Å². The highest BCUT2D eigenvalue weighted by Gasteiger charge is 2.29. The average molecular weight is 286 g/mol. The molecule has 0 heterocycles. The van der Waals surface area contributed by atoms with Crippen LogP contribution >= 0.6 is 0 Å². The average Bonchev–Trinajstić information content (AvgIpc) is 2.85. The fraction of sp³-hybridized carbons (Fsp3) is 0.462. The second-order valence-electron chi connectivity index (χ2n) is 4.83. The standard InChI is InChI=1S/C13H15FO4S/c14-12-6-5-9(13(15)16)7-10(12)8-19(17,18)11-3-1-2-4-11/h5-7,11H,1-4,8H2,(H,15,16). The third kappa shape index (κ3) is 3.12. The number of sulfone groups is 1. The van der Waals surface area contributed by atoms with Crippen molar-refractivity contribution in [2.75, 3.05) is 0 Å². The zero-order valence-electron chi connectivity index (χ0n) is 10.3. The number of aromatic carboxylic acids is 1. The van der Waals surface area contributed by atoms with Crippen LogP contribution < -0.4 is 0 Å². The Hall–Kier alpha value is -1.43. The lowest BCUT2D eigenvalue weighted by Crippen LogP contribution is -2.20. The van der Waals surface area contributed by atoms with Crippen molar-refractivity contribution in [1.29, 1.82) is 0 Å². The molecule has 1 N–H and O–H groups in total. The predicted molar refractivity (Wildman–Crippen MR) is 68.2 cm³/mol. The van der Waals surface area contributed by atoms with Gasteiger partial charge in [-0.2, -0.15) is 0 Å². The monoisotopic (exact) mass is 286 g/mol. The Bertz CT molecular complexity index is 589. The Morgan fingerprint density at radius 1 is 1.32 bits per heavy atom. The summed E-state index contributed by atoms with van der Waals surface area (Å²) in [7, 11) is -3.41. The number of hydrogen-bond donors (Lipinski definition) is 1. The molecule has 0 amide bonds. The Balaban J connectivity index is 2.27. The maximum absolute atomic E-state index is 13.6. The molecule has 0 unspecified atom stereocenters. The molecule has 19 heavy (non-hydrogen) atoms. The van der Waals surface area contributed by atoms with E-state index in [4.69, 9.17) is 5.11 Å². The Labute approximate surface area is 111 Å². The number of carboxylic acids is 1. The van der Waals surface area contributed by atoms with Gasteiger partial charge in [0.1, 0.15) is 5.82 Å². The molecule has 104 valence electrons. The van der Waals surface area contributed by atoms with E-state index in [-0.39, 0.29) is 11.1 Å². The summed E-state index contributed by atoms with van der Waals surface area (Å²) in [6, 6.07) is 3.23. The Morgan fingerprint density at radius 3 is 2.53 bits per heavy atom. The lowest BCUT2D eigenvalue weighted by Gasteiger charge is -2.11. The van der Waals surface area contributed by atoms with E-state index in [1.165, 1.54) is 0 Å². The summed E-state index contributed by atoms with van der Waals surface area (Å²) in [6.07, 6.45) is 2.98. The number of carbonyl (C=O) groups is 1. The van der Waals surface area contributed by atoms with Crippen LogP contribution in [0.25, 0.3) is 0 Å². The molecule has 0 aromatic heterocycles. The molecule has 1 aromatic rings. The molecule has 1 saturated carbocycles. The first kappa shape index (κ1) is 14.0. The van der Waals surface area contributed by atoms with Gasteiger partial charge in [-0.05, 0) is 31.0 Å². The van der Waals surface area contributed by atoms with Crippen molar-refractivity contribution in [2.45, 2.75) is 36.7 Å². The zero-order valence-corrected chi connectivity index (χ0v) is 11.1. The van der Waals surface area contributed by atoms with E-state index < -0.39 is 32.6 Å². The van der Waals surface area contributed by atoms with Crippen LogP contribution in [0.15, 0.2) is 18.2 Å². The number of benzene rings is 1. The first-order valence-electron chi connectivity index (χ1n) is 6.13. The molecule has 2 rings (SSSR count). The first-order chi connectivity index (χ1) is 8.90. The third-order valence-corrected chi connectivity index (χ3v) is 5.66. The highest BCUT2D eigenvalue weighted by Crippen LogP contribution is 2.27. The molecule has 4 nitrogen and oxygen atoms in total. The second kappa shape index (κ2) is 5.28. The van der Waals surface area contributed by atoms with E-state index in [1.54, 1.807) is 0 Å². The predicted octanol–water partition coefficient (Wildman–Crippen LogP) is 2.38. The highest BCUT2D eigenvalue weighted by molar-refractivity contribution is 7.91. The van der Waals surface area contributed by atoms with Gasteiger partial charge >= 0.3 is 5.97 Å². The smallest absolute Gasteiger partial charge is 0.335 e. The molecule has 1 aliphatic rings. The van der Waals surface area contributed by atoms with E-state index in [0.717, 1.165) is 31.0 Å². The lowest BCUT2D eigenvalue weighted by atomic mass is 10.1. The molecule has 0 atom stereocenters. The van der Waals surface area contributed by atoms with Gasteiger partial charge in [0, 0.05) is 5.56 Å². The Morgan fingerprint density at radius 2 is 1.95 bits per heavy atom. The topological polar surface area (TPSA) is 71.4 Å². The minimum Gasteiger partial charge on any atom is -0.478 e. The molecule has 0 aliphatic heterocycles. The van der Waals surface area contributed by atoms with Crippen LogP contribution in [0.4, 0.5) is 4.39 Å². The number of halogens is 1. The number of carboxylic acid groups (broad SMARTS) is 1. The molecule has 1 aromatic carbocycles. The summed E-state index contributed by atoms with van der Waals surface area (Å²) in [5.41, 5.74) is -0.162. The van der Waals surface area contributed by atoms with Crippen LogP contribution in [0.2, 0.25) is 0 Å². The van der Waals surface area contributed by atoms with E-state index in [1.807, 2.05) is 0 Å². The van der Waals surface area contributed by atoms with Crippen molar-refractivity contribution in [1.82, 2.24) is 0 Å². The molecule has 1 fully saturated rings. The zero-order chi connectivity index (χ0) is 14.0. The summed E-state index contributed by atoms with van der Waals surface area (Å²) < 4.78 is 37.8. The van der Waals surface area contributed by atoms with Gasteiger partial charge < -0.3 is 5.11 Å². The second-order valence-corrected chi connectivity index (χ2v) is 7.11. The van der Waals surface area contributed by atoms with Crippen molar-refractivity contribution >= 4 is 15.8 Å². The molecular formula is C13H15FO4S. The van der Waals surface area contributed by atoms with Gasteiger partial charge in [-0.25, -0.2) is 17.6 Å². The summed E-state index contributed by atoms with van der Waals surface area (Å²) in [4.78, 5) is 10.8. The van der Waals surface area contributed by atoms with Gasteiger partial charge in [-0.1, -0.05) is 12.8 Å². The van der Waals surface area contributed by atoms with Crippen molar-refractivity contribution < 1.29 is 22.7 Å². The van der Waals surface area contributed by atoms with E-state index >= 15 is 0 Å². The molecule has 0 spiro atoms. The summed E-state index contributed by atoms with van der Waals surface area (Å²) in [5, 5.41) is 8.42. The molecular weight excluding hydrogens is 271 g/mol. The largest absolute Gasteiger partial charge is 0.478 e. The summed E-state index contributed by atoms with van der Waals surface area (Å²) in [5.74, 6) is -2.30. The van der Waals surface area contributed by atoms with Crippen LogP contribution in [0.3, 0.4) is 0 Å². The van der Waals surface area contributed by atoms with Gasteiger partial charge in [-0.15, -0.1) is 0 Å². The SMILES string of the molecule is O=C(O)c1ccc(F)c(CS(=O)(=O)C2CCCC2)c1. The minimum atomic E-state index is -3.41. The van der Waals surface area contributed by atoms with Crippen LogP contribution in [-0.2, 0) is 15.6 Å². The van der Waals surface area contributed by atoms with Crippen LogP contribution in [-0.4, -0.2) is 24.7 Å². The summed E-state index contributed by atoms with van der Waals surface area (Å²) in [6.45, 7) is 0. The molecule has 0 saturated heterocycles. The van der Waals surface area contributed by atoms with E-state index in [2.05, 4.69) is 0 Å². The molecule has 6 heteroatoms. The Kier molecular flexibility index (Phi) is 3.89. The van der Waals surface area contributed by atoms with Gasteiger partial charge in [-0.3, -0.25) is 0 Å². The molecule has 0 radical (unpaired) electrons. The van der Waals surface area contributed by atoms with Crippen molar-refractivity contribution in [3.8, 4) is 0 Å². The normalized spacial score (nSPS) is 16.7. The fourth-order valence-corrected chi connectivity index (χ4v) is 4.34. The van der Waals surface area contributed by atoms with Crippen molar-refractivity contribution in [3.63, 3.8) is 0 Å². The number of rotatable bonds is 4. The molecule has 0 bridgehead atoms.